The van der Waals surface area contributed by atoms with Crippen molar-refractivity contribution in [3.63, 3.8) is 0 Å². The number of nitrogens with zero attached hydrogens (tertiary/aromatic N) is 2. The van der Waals surface area contributed by atoms with Crippen LogP contribution in [0.1, 0.15) is 38.7 Å². The largest absolute Gasteiger partial charge is 0.444 e. The van der Waals surface area contributed by atoms with Crippen LogP contribution in [0.5, 0.6) is 0 Å². The van der Waals surface area contributed by atoms with Gasteiger partial charge in [0.15, 0.2) is 0 Å². The molecule has 0 radical (unpaired) electrons. The number of nitrogens with one attached hydrogen (secondary N) is 1. The number of piperidine rings is 1. The number of hydrogen-bond donors (Lipinski definition) is 3. The summed E-state index contributed by atoms with van der Waals surface area (Å²) in [6.45, 7) is 7.09. The van der Waals surface area contributed by atoms with Crippen LogP contribution in [0, 0.1) is 23.0 Å². The van der Waals surface area contributed by atoms with Gasteiger partial charge in [0.25, 0.3) is 5.69 Å². The SMILES string of the molecule is Cc1cc(N2CCC(CC(C)(C)OC(N)=O)CC2)cc(N)c1[N+](=O)[O-].O=c1cccc[nH]1. The zero-order valence-electron chi connectivity index (χ0n) is 18.7. The first-order valence-corrected chi connectivity index (χ1v) is 10.4. The normalized spacial score (nSPS) is 14.3. The van der Waals surface area contributed by atoms with E-state index in [-0.39, 0.29) is 16.9 Å². The molecule has 1 aromatic heterocycles. The first-order chi connectivity index (χ1) is 15.0. The molecule has 3 rings (SSSR count). The maximum absolute atomic E-state index is 11.0. The van der Waals surface area contributed by atoms with Crippen LogP contribution < -0.4 is 21.9 Å². The third-order valence-electron chi connectivity index (χ3n) is 5.31. The summed E-state index contributed by atoms with van der Waals surface area (Å²) in [4.78, 5) is 36.4. The number of rotatable bonds is 5. The fraction of sp³-hybridized carbons (Fsp3) is 0.455. The number of aromatic nitrogens is 1. The Morgan fingerprint density at radius 3 is 2.41 bits per heavy atom. The van der Waals surface area contributed by atoms with Crippen molar-refractivity contribution in [2.24, 2.45) is 11.7 Å². The number of nitro benzene ring substituents is 1. The van der Waals surface area contributed by atoms with Gasteiger partial charge in [-0.1, -0.05) is 6.07 Å². The fourth-order valence-electron chi connectivity index (χ4n) is 4.00. The van der Waals surface area contributed by atoms with E-state index in [0.29, 0.717) is 11.5 Å². The van der Waals surface area contributed by atoms with Crippen LogP contribution in [0.15, 0.2) is 41.3 Å². The molecule has 1 amide bonds. The number of aryl methyl sites for hydroxylation is 1. The van der Waals surface area contributed by atoms with E-state index in [9.17, 15) is 19.7 Å². The molecule has 1 saturated heterocycles. The topological polar surface area (TPSA) is 158 Å². The van der Waals surface area contributed by atoms with Gasteiger partial charge < -0.3 is 26.1 Å². The smallest absolute Gasteiger partial charge is 0.405 e. The first kappa shape index (κ1) is 24.7. The Bertz CT molecular complexity index is 956. The minimum atomic E-state index is -0.751. The molecule has 1 aliphatic heterocycles. The highest BCUT2D eigenvalue weighted by Crippen LogP contribution is 2.34. The molecule has 0 saturated carbocycles. The Kier molecular flexibility index (Phi) is 8.22. The molecule has 1 aliphatic rings. The molecule has 0 bridgehead atoms. The highest BCUT2D eigenvalue weighted by Gasteiger charge is 2.29. The molecule has 0 unspecified atom stereocenters. The van der Waals surface area contributed by atoms with Crippen molar-refractivity contribution in [2.75, 3.05) is 23.7 Å². The third-order valence-corrected chi connectivity index (χ3v) is 5.31. The summed E-state index contributed by atoms with van der Waals surface area (Å²) in [5.74, 6) is 0.432. The second kappa shape index (κ2) is 10.7. The monoisotopic (exact) mass is 445 g/mol. The van der Waals surface area contributed by atoms with Gasteiger partial charge in [-0.3, -0.25) is 14.9 Å². The first-order valence-electron chi connectivity index (χ1n) is 10.4. The maximum Gasteiger partial charge on any atom is 0.405 e. The number of amides is 1. The lowest BCUT2D eigenvalue weighted by atomic mass is 9.86. The highest BCUT2D eigenvalue weighted by molar-refractivity contribution is 5.70. The molecular formula is C22H31N5O5. The number of ether oxygens (including phenoxy) is 1. The Hall–Kier alpha value is -3.56. The van der Waals surface area contributed by atoms with E-state index in [2.05, 4.69) is 9.88 Å². The van der Waals surface area contributed by atoms with Gasteiger partial charge in [-0.15, -0.1) is 0 Å². The summed E-state index contributed by atoms with van der Waals surface area (Å²) in [6, 6.07) is 8.42. The van der Waals surface area contributed by atoms with Crippen molar-refractivity contribution < 1.29 is 14.5 Å². The summed E-state index contributed by atoms with van der Waals surface area (Å²) in [6.07, 6.45) is 3.50. The highest BCUT2D eigenvalue weighted by atomic mass is 16.6. The Morgan fingerprint density at radius 1 is 1.31 bits per heavy atom. The number of carbonyl (C=O) groups excluding carboxylic acids is 1. The minimum absolute atomic E-state index is 0.0241. The summed E-state index contributed by atoms with van der Waals surface area (Å²) < 4.78 is 5.16. The second-order valence-corrected chi connectivity index (χ2v) is 8.50. The number of anilines is 2. The minimum Gasteiger partial charge on any atom is -0.444 e. The quantitative estimate of drug-likeness (QED) is 0.362. The second-order valence-electron chi connectivity index (χ2n) is 8.50. The number of benzene rings is 1. The third kappa shape index (κ3) is 7.29. The van der Waals surface area contributed by atoms with Gasteiger partial charge in [0.05, 0.1) is 4.92 Å². The number of carbonyl (C=O) groups is 1. The number of pyridine rings is 1. The summed E-state index contributed by atoms with van der Waals surface area (Å²) in [7, 11) is 0. The molecule has 10 nitrogen and oxygen atoms in total. The van der Waals surface area contributed by atoms with E-state index in [0.717, 1.165) is 38.0 Å². The molecule has 1 aromatic carbocycles. The molecule has 0 spiro atoms. The molecule has 1 fully saturated rings. The zero-order valence-corrected chi connectivity index (χ0v) is 18.7. The molecule has 2 heterocycles. The van der Waals surface area contributed by atoms with Crippen molar-refractivity contribution in [2.45, 2.75) is 45.6 Å². The van der Waals surface area contributed by atoms with E-state index in [4.69, 9.17) is 16.2 Å². The van der Waals surface area contributed by atoms with Gasteiger partial charge in [0.2, 0.25) is 5.56 Å². The van der Waals surface area contributed by atoms with Gasteiger partial charge in [-0.05, 0) is 64.2 Å². The zero-order chi connectivity index (χ0) is 23.9. The standard InChI is InChI=1S/C17H26N4O4.C5H5NO/c1-11-8-13(9-14(18)15(11)21(23)24)20-6-4-12(5-7-20)10-17(2,3)25-16(19)22;7-5-3-1-2-4-6-5/h8-9,12H,4-7,10,18H2,1-3H3,(H2,19,22);1-4H,(H,6,7). The van der Waals surface area contributed by atoms with Gasteiger partial charge in [0.1, 0.15) is 11.3 Å². The molecule has 5 N–H and O–H groups in total. The van der Waals surface area contributed by atoms with E-state index in [1.807, 2.05) is 19.9 Å². The van der Waals surface area contributed by atoms with Crippen LogP contribution in [0.3, 0.4) is 0 Å². The van der Waals surface area contributed by atoms with Gasteiger partial charge >= 0.3 is 6.09 Å². The molecule has 10 heteroatoms. The van der Waals surface area contributed by atoms with Crippen molar-refractivity contribution in [3.05, 3.63) is 62.6 Å². The summed E-state index contributed by atoms with van der Waals surface area (Å²) in [5.41, 5.74) is 12.0. The predicted octanol–water partition coefficient (Wildman–Crippen LogP) is 3.34. The molecule has 0 aliphatic carbocycles. The number of primary amides is 1. The Labute approximate surface area is 186 Å². The van der Waals surface area contributed by atoms with Gasteiger partial charge in [-0.2, -0.15) is 0 Å². The number of aromatic amines is 1. The van der Waals surface area contributed by atoms with E-state index in [1.54, 1.807) is 31.3 Å². The molecule has 2 aromatic rings. The average Bonchev–Trinajstić information content (AvgIpc) is 2.67. The maximum atomic E-state index is 11.0. The molecule has 0 atom stereocenters. The van der Waals surface area contributed by atoms with Crippen LogP contribution in [0.2, 0.25) is 0 Å². The van der Waals surface area contributed by atoms with Crippen molar-refractivity contribution in [1.29, 1.82) is 0 Å². The molecule has 174 valence electrons. The van der Waals surface area contributed by atoms with Gasteiger partial charge in [-0.25, -0.2) is 4.79 Å². The lowest BCUT2D eigenvalue weighted by Gasteiger charge is -2.37. The number of hydrogen-bond acceptors (Lipinski definition) is 7. The van der Waals surface area contributed by atoms with Gasteiger partial charge in [0, 0.05) is 36.6 Å². The lowest BCUT2D eigenvalue weighted by Crippen LogP contribution is -2.38. The molecular weight excluding hydrogens is 414 g/mol. The number of nitro groups is 1. The van der Waals surface area contributed by atoms with Crippen LogP contribution >= 0.6 is 0 Å². The molecule has 32 heavy (non-hydrogen) atoms. The van der Waals surface area contributed by atoms with E-state index >= 15 is 0 Å². The summed E-state index contributed by atoms with van der Waals surface area (Å²) in [5, 5.41) is 11.0. The van der Waals surface area contributed by atoms with Crippen molar-refractivity contribution in [3.8, 4) is 0 Å². The number of nitrogen functional groups attached to an aromatic ring is 1. The predicted molar refractivity (Wildman–Crippen MR) is 124 cm³/mol. The number of H-pyrrole nitrogens is 1. The van der Waals surface area contributed by atoms with Crippen LogP contribution in [0.25, 0.3) is 0 Å². The lowest BCUT2D eigenvalue weighted by molar-refractivity contribution is -0.384. The Balaban J connectivity index is 0.000000439. The van der Waals surface area contributed by atoms with Crippen molar-refractivity contribution in [1.82, 2.24) is 4.98 Å². The summed E-state index contributed by atoms with van der Waals surface area (Å²) >= 11 is 0. The van der Waals surface area contributed by atoms with E-state index in [1.165, 1.54) is 6.07 Å². The van der Waals surface area contributed by atoms with Crippen LogP contribution in [0.4, 0.5) is 21.9 Å². The van der Waals surface area contributed by atoms with E-state index < -0.39 is 16.6 Å². The van der Waals surface area contributed by atoms with Crippen LogP contribution in [-0.2, 0) is 4.74 Å². The average molecular weight is 446 g/mol. The van der Waals surface area contributed by atoms with Crippen molar-refractivity contribution >= 4 is 23.2 Å². The fourth-order valence-corrected chi connectivity index (χ4v) is 4.00. The Morgan fingerprint density at radius 2 is 1.97 bits per heavy atom. The number of nitrogens with two attached hydrogens (primary N) is 2. The van der Waals surface area contributed by atoms with Crippen LogP contribution in [-0.4, -0.2) is 34.7 Å².